The molecule has 0 radical (unpaired) electrons. The zero-order valence-corrected chi connectivity index (χ0v) is 12.1. The molecule has 102 valence electrons. The van der Waals surface area contributed by atoms with E-state index in [1.54, 1.807) is 23.9 Å². The summed E-state index contributed by atoms with van der Waals surface area (Å²) in [6.45, 7) is 1.87. The highest BCUT2D eigenvalue weighted by Gasteiger charge is 2.16. The van der Waals surface area contributed by atoms with E-state index in [4.69, 9.17) is 10.9 Å². The highest BCUT2D eigenvalue weighted by atomic mass is 32.2. The molecular weight excluding hydrogens is 284 g/mol. The quantitative estimate of drug-likeness (QED) is 0.826. The van der Waals surface area contributed by atoms with E-state index in [2.05, 4.69) is 5.10 Å². The fourth-order valence-corrected chi connectivity index (χ4v) is 3.67. The Morgan fingerprint density at radius 1 is 1.32 bits per heavy atom. The Morgan fingerprint density at radius 2 is 2.00 bits per heavy atom. The van der Waals surface area contributed by atoms with E-state index in [1.165, 1.54) is 17.8 Å². The molecule has 6 nitrogen and oxygen atoms in total. The average Bonchev–Trinajstić information content (AvgIpc) is 2.58. The first-order chi connectivity index (χ1) is 8.77. The van der Waals surface area contributed by atoms with E-state index in [0.717, 1.165) is 10.7 Å². The van der Waals surface area contributed by atoms with Gasteiger partial charge in [-0.25, -0.2) is 13.6 Å². The molecule has 0 aliphatic heterocycles. The number of sulfonamides is 1. The predicted molar refractivity (Wildman–Crippen MR) is 74.3 cm³/mol. The van der Waals surface area contributed by atoms with Gasteiger partial charge in [0, 0.05) is 17.6 Å². The number of nitrogens with two attached hydrogens (primary N) is 2. The van der Waals surface area contributed by atoms with E-state index < -0.39 is 10.0 Å². The molecule has 19 heavy (non-hydrogen) atoms. The number of aromatic nitrogens is 2. The molecule has 0 atom stereocenters. The summed E-state index contributed by atoms with van der Waals surface area (Å²) >= 11 is 1.28. The van der Waals surface area contributed by atoms with E-state index in [-0.39, 0.29) is 4.90 Å². The molecule has 1 aromatic carbocycles. The summed E-state index contributed by atoms with van der Waals surface area (Å²) in [5, 5.41) is 10.2. The Morgan fingerprint density at radius 3 is 2.53 bits per heavy atom. The summed E-state index contributed by atoms with van der Waals surface area (Å²) in [6.07, 6.45) is 0. The second kappa shape index (κ2) is 4.87. The van der Waals surface area contributed by atoms with E-state index >= 15 is 0 Å². The number of nitrogens with zero attached hydrogens (tertiary/aromatic N) is 2. The SMILES string of the molecule is Cc1cc(Sc2ccc(N)cc2S(N)(=O)=O)n(C)n1. The third-order valence-electron chi connectivity index (χ3n) is 2.45. The zero-order chi connectivity index (χ0) is 14.2. The van der Waals surface area contributed by atoms with Crippen molar-refractivity contribution in [2.45, 2.75) is 21.7 Å². The molecule has 0 fully saturated rings. The lowest BCUT2D eigenvalue weighted by molar-refractivity contribution is 0.595. The predicted octanol–water partition coefficient (Wildman–Crippen LogP) is 1.11. The molecule has 1 heterocycles. The van der Waals surface area contributed by atoms with Crippen LogP contribution in [-0.4, -0.2) is 18.2 Å². The Bertz CT molecular complexity index is 722. The van der Waals surface area contributed by atoms with Crippen molar-refractivity contribution in [2.75, 3.05) is 5.73 Å². The lowest BCUT2D eigenvalue weighted by atomic mass is 10.3. The van der Waals surface area contributed by atoms with Gasteiger partial charge in [0.2, 0.25) is 10.0 Å². The van der Waals surface area contributed by atoms with Crippen molar-refractivity contribution in [1.29, 1.82) is 0 Å². The third kappa shape index (κ3) is 3.09. The molecule has 0 unspecified atom stereocenters. The number of anilines is 1. The molecule has 0 aliphatic carbocycles. The van der Waals surface area contributed by atoms with Gasteiger partial charge in [-0.1, -0.05) is 11.8 Å². The van der Waals surface area contributed by atoms with Crippen LogP contribution in [-0.2, 0) is 17.1 Å². The molecule has 4 N–H and O–H groups in total. The number of hydrogen-bond acceptors (Lipinski definition) is 5. The summed E-state index contributed by atoms with van der Waals surface area (Å²) in [7, 11) is -2.02. The Kier molecular flexibility index (Phi) is 3.57. The number of rotatable bonds is 3. The second-order valence-electron chi connectivity index (χ2n) is 4.10. The minimum absolute atomic E-state index is 0.0244. The smallest absolute Gasteiger partial charge is 0.239 e. The fraction of sp³-hybridized carbons (Fsp3) is 0.182. The molecule has 2 aromatic rings. The molecule has 8 heteroatoms. The summed E-state index contributed by atoms with van der Waals surface area (Å²) in [5.74, 6) is 0. The molecule has 0 saturated heterocycles. The van der Waals surface area contributed by atoms with Crippen LogP contribution in [0.1, 0.15) is 5.69 Å². The van der Waals surface area contributed by atoms with E-state index in [0.29, 0.717) is 10.6 Å². The van der Waals surface area contributed by atoms with Crippen LogP contribution < -0.4 is 10.9 Å². The maximum Gasteiger partial charge on any atom is 0.239 e. The van der Waals surface area contributed by atoms with Crippen LogP contribution in [0, 0.1) is 6.92 Å². The van der Waals surface area contributed by atoms with Crippen LogP contribution in [0.25, 0.3) is 0 Å². The first-order valence-corrected chi connectivity index (χ1v) is 7.74. The van der Waals surface area contributed by atoms with Gasteiger partial charge in [-0.05, 0) is 31.2 Å². The van der Waals surface area contributed by atoms with Crippen LogP contribution in [0.4, 0.5) is 5.69 Å². The van der Waals surface area contributed by atoms with Gasteiger partial charge in [0.25, 0.3) is 0 Å². The van der Waals surface area contributed by atoms with Crippen molar-refractivity contribution in [1.82, 2.24) is 9.78 Å². The van der Waals surface area contributed by atoms with Gasteiger partial charge in [-0.3, -0.25) is 4.68 Å². The number of hydrogen-bond donors (Lipinski definition) is 2. The monoisotopic (exact) mass is 298 g/mol. The minimum atomic E-state index is -3.81. The van der Waals surface area contributed by atoms with Crippen molar-refractivity contribution in [3.63, 3.8) is 0 Å². The lowest BCUT2D eigenvalue weighted by Crippen LogP contribution is -2.13. The normalized spacial score (nSPS) is 11.7. The minimum Gasteiger partial charge on any atom is -0.399 e. The molecule has 0 aliphatic rings. The van der Waals surface area contributed by atoms with Crippen LogP contribution >= 0.6 is 11.8 Å². The molecule has 0 bridgehead atoms. The lowest BCUT2D eigenvalue weighted by Gasteiger charge is -2.08. The molecule has 0 spiro atoms. The van der Waals surface area contributed by atoms with Gasteiger partial charge >= 0.3 is 0 Å². The highest BCUT2D eigenvalue weighted by molar-refractivity contribution is 8.00. The van der Waals surface area contributed by atoms with Crippen molar-refractivity contribution in [3.05, 3.63) is 30.0 Å². The number of nitrogen functional groups attached to an aromatic ring is 1. The molecule has 2 rings (SSSR count). The number of primary sulfonamides is 1. The van der Waals surface area contributed by atoms with E-state index in [9.17, 15) is 8.42 Å². The largest absolute Gasteiger partial charge is 0.399 e. The number of aryl methyl sites for hydroxylation is 2. The first kappa shape index (κ1) is 13.9. The maximum absolute atomic E-state index is 11.6. The van der Waals surface area contributed by atoms with Gasteiger partial charge < -0.3 is 5.73 Å². The first-order valence-electron chi connectivity index (χ1n) is 5.38. The summed E-state index contributed by atoms with van der Waals surface area (Å²) in [6, 6.07) is 6.51. The van der Waals surface area contributed by atoms with Gasteiger partial charge in [0.05, 0.1) is 15.6 Å². The van der Waals surface area contributed by atoms with Gasteiger partial charge in [-0.2, -0.15) is 5.10 Å². The standard InChI is InChI=1S/C11H14N4O2S2/c1-7-5-11(15(2)14-7)18-9-4-3-8(12)6-10(9)19(13,16)17/h3-6H,12H2,1-2H3,(H2,13,16,17). The van der Waals surface area contributed by atoms with Crippen LogP contribution in [0.5, 0.6) is 0 Å². The number of benzene rings is 1. The summed E-state index contributed by atoms with van der Waals surface area (Å²) in [4.78, 5) is 0.552. The zero-order valence-electron chi connectivity index (χ0n) is 10.5. The summed E-state index contributed by atoms with van der Waals surface area (Å²) in [5.41, 5.74) is 6.82. The molecule has 0 saturated carbocycles. The molecular formula is C11H14N4O2S2. The van der Waals surface area contributed by atoms with Crippen molar-refractivity contribution in [2.24, 2.45) is 12.2 Å². The molecule has 1 aromatic heterocycles. The topological polar surface area (TPSA) is 104 Å². The van der Waals surface area contributed by atoms with Gasteiger partial charge in [0.15, 0.2) is 0 Å². The fourth-order valence-electron chi connectivity index (χ4n) is 1.63. The van der Waals surface area contributed by atoms with Crippen LogP contribution in [0.3, 0.4) is 0 Å². The van der Waals surface area contributed by atoms with Gasteiger partial charge in [-0.15, -0.1) is 0 Å². The van der Waals surface area contributed by atoms with Crippen LogP contribution in [0.2, 0.25) is 0 Å². The maximum atomic E-state index is 11.6. The van der Waals surface area contributed by atoms with Crippen molar-refractivity contribution in [3.8, 4) is 0 Å². The van der Waals surface area contributed by atoms with E-state index in [1.807, 2.05) is 13.0 Å². The Labute approximate surface area is 115 Å². The molecule has 0 amide bonds. The van der Waals surface area contributed by atoms with Crippen LogP contribution in [0.15, 0.2) is 39.1 Å². The average molecular weight is 298 g/mol. The third-order valence-corrected chi connectivity index (χ3v) is 4.70. The Hall–Kier alpha value is -1.51. The summed E-state index contributed by atoms with van der Waals surface area (Å²) < 4.78 is 24.8. The Balaban J connectivity index is 2.49. The second-order valence-corrected chi connectivity index (χ2v) is 6.69. The highest BCUT2D eigenvalue weighted by Crippen LogP contribution is 2.33. The van der Waals surface area contributed by atoms with Crippen molar-refractivity contribution < 1.29 is 8.42 Å². The van der Waals surface area contributed by atoms with Crippen molar-refractivity contribution >= 4 is 27.5 Å². The van der Waals surface area contributed by atoms with Gasteiger partial charge in [0.1, 0.15) is 0 Å².